The molecule has 1 amide bonds. The van der Waals surface area contributed by atoms with E-state index < -0.39 is 11.2 Å². The highest BCUT2D eigenvalue weighted by atomic mass is 16.2. The maximum absolute atomic E-state index is 11.9. The minimum absolute atomic E-state index is 0.219. The van der Waals surface area contributed by atoms with Gasteiger partial charge in [0.15, 0.2) is 0 Å². The topological polar surface area (TPSA) is 107 Å². The zero-order valence-corrected chi connectivity index (χ0v) is 12.3. The van der Waals surface area contributed by atoms with Crippen molar-refractivity contribution in [3.05, 3.63) is 44.2 Å². The van der Waals surface area contributed by atoms with Crippen LogP contribution in [-0.4, -0.2) is 22.1 Å². The first-order chi connectivity index (χ1) is 10.6. The quantitative estimate of drug-likeness (QED) is 0.405. The van der Waals surface area contributed by atoms with Gasteiger partial charge >= 0.3 is 5.69 Å². The molecule has 2 saturated carbocycles. The molecule has 0 bridgehead atoms. The van der Waals surface area contributed by atoms with Crippen LogP contribution < -0.4 is 16.7 Å². The summed E-state index contributed by atoms with van der Waals surface area (Å²) in [7, 11) is 0. The number of H-pyrrole nitrogens is 2. The van der Waals surface area contributed by atoms with Gasteiger partial charge in [-0.2, -0.15) is 5.10 Å². The van der Waals surface area contributed by atoms with Gasteiger partial charge in [0.1, 0.15) is 0 Å². The number of hydrogen-bond donors (Lipinski definition) is 3. The van der Waals surface area contributed by atoms with Gasteiger partial charge in [0.25, 0.3) is 5.56 Å². The molecule has 2 aliphatic carbocycles. The Morgan fingerprint density at radius 1 is 1.41 bits per heavy atom. The lowest BCUT2D eigenvalue weighted by molar-refractivity contribution is -0.109. The van der Waals surface area contributed by atoms with Crippen molar-refractivity contribution in [1.82, 2.24) is 15.4 Å². The van der Waals surface area contributed by atoms with E-state index in [9.17, 15) is 14.4 Å². The van der Waals surface area contributed by atoms with Gasteiger partial charge in [0, 0.05) is 6.20 Å². The molecular formula is C15H18N4O3. The van der Waals surface area contributed by atoms with Crippen LogP contribution in [0.3, 0.4) is 0 Å². The van der Waals surface area contributed by atoms with E-state index in [4.69, 9.17) is 0 Å². The Labute approximate surface area is 126 Å². The molecular weight excluding hydrogens is 284 g/mol. The lowest BCUT2D eigenvalue weighted by atomic mass is 10.1. The lowest BCUT2D eigenvalue weighted by Gasteiger charge is -2.04. The first kappa shape index (κ1) is 14.5. The molecule has 0 saturated heterocycles. The van der Waals surface area contributed by atoms with Crippen molar-refractivity contribution >= 4 is 12.1 Å². The largest absolute Gasteiger partial charge is 0.325 e. The van der Waals surface area contributed by atoms with Crippen LogP contribution in [0, 0.1) is 17.8 Å². The minimum Gasteiger partial charge on any atom is -0.313 e. The van der Waals surface area contributed by atoms with E-state index in [2.05, 4.69) is 20.5 Å². The Hall–Kier alpha value is -2.44. The summed E-state index contributed by atoms with van der Waals surface area (Å²) in [5.41, 5.74) is 2.81. The number of carbonyl (C=O) groups is 1. The standard InChI is InChI=1S/C15H18N4O3/c1-8(10-5-11(10)9-2-3-9)4-13(19-17-7-20)12-6-16-15(22)18-14(12)21/h4,6-7,9-11H,2-3,5H2,1H3,(H,17,20)(H2,16,18,21,22)/b8-4+,19-13+. The molecule has 7 heteroatoms. The maximum Gasteiger partial charge on any atom is 0.325 e. The van der Waals surface area contributed by atoms with Crippen molar-refractivity contribution in [3.8, 4) is 0 Å². The molecule has 3 N–H and O–H groups in total. The molecule has 7 nitrogen and oxygen atoms in total. The highest BCUT2D eigenvalue weighted by molar-refractivity contribution is 6.08. The third kappa shape index (κ3) is 3.08. The molecule has 116 valence electrons. The van der Waals surface area contributed by atoms with Gasteiger partial charge in [-0.15, -0.1) is 0 Å². The SMILES string of the molecule is C/C(=C\C(=N/NC=O)c1c[nH]c(=O)[nH]c1=O)C1CC1C1CC1. The molecule has 22 heavy (non-hydrogen) atoms. The molecule has 0 aromatic carbocycles. The van der Waals surface area contributed by atoms with Crippen LogP contribution in [0.1, 0.15) is 31.7 Å². The van der Waals surface area contributed by atoms with Crippen molar-refractivity contribution < 1.29 is 4.79 Å². The van der Waals surface area contributed by atoms with Crippen molar-refractivity contribution in [2.24, 2.45) is 22.9 Å². The van der Waals surface area contributed by atoms with Gasteiger partial charge in [-0.1, -0.05) is 5.57 Å². The maximum atomic E-state index is 11.9. The fourth-order valence-electron chi connectivity index (χ4n) is 2.97. The molecule has 2 aliphatic rings. The molecule has 1 aromatic rings. The number of aromatic nitrogens is 2. The molecule has 3 rings (SSSR count). The average molecular weight is 302 g/mol. The van der Waals surface area contributed by atoms with Gasteiger partial charge in [-0.05, 0) is 50.0 Å². The summed E-state index contributed by atoms with van der Waals surface area (Å²) >= 11 is 0. The number of rotatable bonds is 6. The van der Waals surface area contributed by atoms with Crippen molar-refractivity contribution in [2.45, 2.75) is 26.2 Å². The molecule has 2 atom stereocenters. The normalized spacial score (nSPS) is 25.0. The Balaban J connectivity index is 1.88. The van der Waals surface area contributed by atoms with Crippen LogP contribution in [0.5, 0.6) is 0 Å². The monoisotopic (exact) mass is 302 g/mol. The van der Waals surface area contributed by atoms with Crippen LogP contribution in [0.4, 0.5) is 0 Å². The summed E-state index contributed by atoms with van der Waals surface area (Å²) in [6.07, 6.45) is 7.38. The summed E-state index contributed by atoms with van der Waals surface area (Å²) in [6, 6.07) is 0. The van der Waals surface area contributed by atoms with Crippen molar-refractivity contribution in [2.75, 3.05) is 0 Å². The second-order valence-electron chi connectivity index (χ2n) is 5.96. The number of carbonyl (C=O) groups excluding carboxylic acids is 1. The van der Waals surface area contributed by atoms with Gasteiger partial charge in [-0.25, -0.2) is 10.2 Å². The molecule has 2 fully saturated rings. The second-order valence-corrected chi connectivity index (χ2v) is 5.96. The van der Waals surface area contributed by atoms with E-state index in [0.29, 0.717) is 18.0 Å². The fraction of sp³-hybridized carbons (Fsp3) is 0.467. The Kier molecular flexibility index (Phi) is 3.79. The highest BCUT2D eigenvalue weighted by Gasteiger charge is 2.47. The predicted molar refractivity (Wildman–Crippen MR) is 81.5 cm³/mol. The fourth-order valence-corrected chi connectivity index (χ4v) is 2.97. The van der Waals surface area contributed by atoms with Gasteiger partial charge in [-0.3, -0.25) is 14.6 Å². The van der Waals surface area contributed by atoms with Crippen LogP contribution in [0.25, 0.3) is 0 Å². The number of nitrogens with zero attached hydrogens (tertiary/aromatic N) is 1. The van der Waals surface area contributed by atoms with E-state index >= 15 is 0 Å². The Bertz CT molecular complexity index is 755. The summed E-state index contributed by atoms with van der Waals surface area (Å²) in [5.74, 6) is 2.15. The van der Waals surface area contributed by atoms with E-state index in [1.165, 1.54) is 25.5 Å². The number of hydrazone groups is 1. The van der Waals surface area contributed by atoms with E-state index in [-0.39, 0.29) is 5.56 Å². The smallest absolute Gasteiger partial charge is 0.313 e. The van der Waals surface area contributed by atoms with E-state index in [1.54, 1.807) is 0 Å². The third-order valence-corrected chi connectivity index (χ3v) is 4.35. The summed E-state index contributed by atoms with van der Waals surface area (Å²) in [4.78, 5) is 38.1. The average Bonchev–Trinajstić information content (AvgIpc) is 3.36. The number of hydrogen-bond acceptors (Lipinski definition) is 4. The molecule has 0 spiro atoms. The first-order valence-corrected chi connectivity index (χ1v) is 7.37. The molecule has 0 radical (unpaired) electrons. The lowest BCUT2D eigenvalue weighted by Crippen LogP contribution is -2.27. The van der Waals surface area contributed by atoms with Gasteiger partial charge in [0.2, 0.25) is 6.41 Å². The summed E-state index contributed by atoms with van der Waals surface area (Å²) in [6.45, 7) is 2.02. The third-order valence-electron chi connectivity index (χ3n) is 4.35. The van der Waals surface area contributed by atoms with Gasteiger partial charge in [0.05, 0.1) is 11.3 Å². The van der Waals surface area contributed by atoms with E-state index in [0.717, 1.165) is 17.4 Å². The van der Waals surface area contributed by atoms with Gasteiger partial charge < -0.3 is 4.98 Å². The zero-order chi connectivity index (χ0) is 15.7. The first-order valence-electron chi connectivity index (χ1n) is 7.37. The molecule has 2 unspecified atom stereocenters. The molecule has 1 aromatic heterocycles. The van der Waals surface area contributed by atoms with E-state index in [1.807, 2.05) is 13.0 Å². The van der Waals surface area contributed by atoms with Crippen molar-refractivity contribution in [3.63, 3.8) is 0 Å². The Morgan fingerprint density at radius 2 is 2.18 bits per heavy atom. The number of nitrogens with one attached hydrogen (secondary N) is 3. The number of allylic oxidation sites excluding steroid dienone is 2. The van der Waals surface area contributed by atoms with Crippen molar-refractivity contribution in [1.29, 1.82) is 0 Å². The number of aromatic amines is 2. The summed E-state index contributed by atoms with van der Waals surface area (Å²) < 4.78 is 0. The zero-order valence-electron chi connectivity index (χ0n) is 12.3. The van der Waals surface area contributed by atoms with Crippen LogP contribution in [0.2, 0.25) is 0 Å². The highest BCUT2D eigenvalue weighted by Crippen LogP contribution is 2.56. The summed E-state index contributed by atoms with van der Waals surface area (Å²) in [5, 5.41) is 3.92. The van der Waals surface area contributed by atoms with Crippen LogP contribution in [0.15, 0.2) is 32.5 Å². The van der Waals surface area contributed by atoms with Crippen LogP contribution >= 0.6 is 0 Å². The molecule has 1 heterocycles. The molecule has 0 aliphatic heterocycles. The Morgan fingerprint density at radius 3 is 2.82 bits per heavy atom. The minimum atomic E-state index is -0.576. The second kappa shape index (κ2) is 5.75. The predicted octanol–water partition coefficient (Wildman–Crippen LogP) is 0.506. The number of amides is 1. The van der Waals surface area contributed by atoms with Crippen LogP contribution in [-0.2, 0) is 4.79 Å².